The molecule has 1 aliphatic heterocycles. The lowest BCUT2D eigenvalue weighted by molar-refractivity contribution is -0.131. The van der Waals surface area contributed by atoms with Gasteiger partial charge in [0.1, 0.15) is 17.0 Å². The topological polar surface area (TPSA) is 97.0 Å². The van der Waals surface area contributed by atoms with E-state index in [1.54, 1.807) is 20.3 Å². The lowest BCUT2D eigenvalue weighted by Crippen LogP contribution is -2.44. The highest BCUT2D eigenvalue weighted by molar-refractivity contribution is 6.07. The molecule has 146 valence electrons. The van der Waals surface area contributed by atoms with Gasteiger partial charge in [-0.15, -0.1) is 0 Å². The number of nitrogens with one attached hydrogen (secondary N) is 2. The fourth-order valence-corrected chi connectivity index (χ4v) is 3.67. The number of rotatable bonds is 7. The SMILES string of the molecule is COc1cc(CNC(=O)CCN2C(=O)NC3(CCCC3)C2=O)cc(OC)c1. The maximum Gasteiger partial charge on any atom is 0.325 e. The number of hydrogen-bond acceptors (Lipinski definition) is 5. The van der Waals surface area contributed by atoms with E-state index in [0.717, 1.165) is 18.4 Å². The Kier molecular flexibility index (Phi) is 5.53. The van der Waals surface area contributed by atoms with Crippen molar-refractivity contribution in [2.24, 2.45) is 0 Å². The second-order valence-electron chi connectivity index (χ2n) is 6.92. The Bertz CT molecular complexity index is 721. The molecule has 3 rings (SSSR count). The van der Waals surface area contributed by atoms with Gasteiger partial charge in [-0.1, -0.05) is 12.8 Å². The number of imide groups is 1. The van der Waals surface area contributed by atoms with Crippen LogP contribution in [0.25, 0.3) is 0 Å². The van der Waals surface area contributed by atoms with Crippen molar-refractivity contribution in [1.29, 1.82) is 0 Å². The van der Waals surface area contributed by atoms with Crippen LogP contribution in [0, 0.1) is 0 Å². The van der Waals surface area contributed by atoms with Crippen molar-refractivity contribution >= 4 is 17.8 Å². The van der Waals surface area contributed by atoms with E-state index in [2.05, 4.69) is 10.6 Å². The number of hydrogen-bond donors (Lipinski definition) is 2. The number of nitrogens with zero attached hydrogens (tertiary/aromatic N) is 1. The first-order valence-electron chi connectivity index (χ1n) is 9.10. The molecule has 8 heteroatoms. The van der Waals surface area contributed by atoms with Crippen LogP contribution in [0.2, 0.25) is 0 Å². The Hall–Kier alpha value is -2.77. The number of urea groups is 1. The van der Waals surface area contributed by atoms with Gasteiger partial charge in [0.05, 0.1) is 14.2 Å². The van der Waals surface area contributed by atoms with Gasteiger partial charge in [0, 0.05) is 25.6 Å². The molecule has 1 aromatic carbocycles. The van der Waals surface area contributed by atoms with Crippen LogP contribution in [0.1, 0.15) is 37.7 Å². The largest absolute Gasteiger partial charge is 0.497 e. The highest BCUT2D eigenvalue weighted by Gasteiger charge is 2.52. The summed E-state index contributed by atoms with van der Waals surface area (Å²) in [6.07, 6.45) is 3.29. The zero-order chi connectivity index (χ0) is 19.4. The summed E-state index contributed by atoms with van der Waals surface area (Å²) in [6.45, 7) is 0.385. The Labute approximate surface area is 158 Å². The van der Waals surface area contributed by atoms with Crippen molar-refractivity contribution in [3.05, 3.63) is 23.8 Å². The van der Waals surface area contributed by atoms with Crippen molar-refractivity contribution in [2.75, 3.05) is 20.8 Å². The Morgan fingerprint density at radius 3 is 2.37 bits per heavy atom. The van der Waals surface area contributed by atoms with Crippen LogP contribution >= 0.6 is 0 Å². The zero-order valence-electron chi connectivity index (χ0n) is 15.7. The molecule has 1 heterocycles. The average Bonchev–Trinajstić information content (AvgIpc) is 3.23. The summed E-state index contributed by atoms with van der Waals surface area (Å²) in [5.74, 6) is 0.847. The van der Waals surface area contributed by atoms with Gasteiger partial charge >= 0.3 is 6.03 Å². The molecule has 1 aromatic rings. The Morgan fingerprint density at radius 1 is 1.15 bits per heavy atom. The second kappa shape index (κ2) is 7.85. The molecule has 0 aromatic heterocycles. The quantitative estimate of drug-likeness (QED) is 0.705. The summed E-state index contributed by atoms with van der Waals surface area (Å²) in [5, 5.41) is 5.61. The van der Waals surface area contributed by atoms with E-state index in [-0.39, 0.29) is 24.8 Å². The van der Waals surface area contributed by atoms with Crippen molar-refractivity contribution in [3.8, 4) is 11.5 Å². The monoisotopic (exact) mass is 375 g/mol. The molecule has 2 N–H and O–H groups in total. The van der Waals surface area contributed by atoms with Crippen molar-refractivity contribution in [2.45, 2.75) is 44.2 Å². The molecule has 0 radical (unpaired) electrons. The molecule has 0 bridgehead atoms. The van der Waals surface area contributed by atoms with Crippen LogP contribution in [0.4, 0.5) is 4.79 Å². The van der Waals surface area contributed by atoms with E-state index in [1.807, 2.05) is 12.1 Å². The van der Waals surface area contributed by atoms with E-state index in [0.29, 0.717) is 30.9 Å². The first-order chi connectivity index (χ1) is 13.0. The van der Waals surface area contributed by atoms with Gasteiger partial charge in [-0.05, 0) is 30.5 Å². The van der Waals surface area contributed by atoms with Gasteiger partial charge in [0.25, 0.3) is 5.91 Å². The second-order valence-corrected chi connectivity index (χ2v) is 6.92. The minimum atomic E-state index is -0.731. The molecular formula is C19H25N3O5. The van der Waals surface area contributed by atoms with Crippen molar-refractivity contribution in [3.63, 3.8) is 0 Å². The summed E-state index contributed by atoms with van der Waals surface area (Å²) >= 11 is 0. The molecule has 0 unspecified atom stereocenters. The van der Waals surface area contributed by atoms with Gasteiger partial charge in [-0.2, -0.15) is 0 Å². The molecule has 1 spiro atoms. The predicted octanol–water partition coefficient (Wildman–Crippen LogP) is 1.57. The molecule has 0 atom stereocenters. The highest BCUT2D eigenvalue weighted by atomic mass is 16.5. The van der Waals surface area contributed by atoms with Crippen LogP contribution in [-0.4, -0.2) is 49.0 Å². The first-order valence-corrected chi connectivity index (χ1v) is 9.10. The third-order valence-corrected chi connectivity index (χ3v) is 5.17. The van der Waals surface area contributed by atoms with Crippen LogP contribution in [-0.2, 0) is 16.1 Å². The molecule has 1 saturated carbocycles. The molecule has 8 nitrogen and oxygen atoms in total. The van der Waals surface area contributed by atoms with E-state index in [1.165, 1.54) is 4.90 Å². The van der Waals surface area contributed by atoms with Crippen molar-refractivity contribution < 1.29 is 23.9 Å². The summed E-state index contributed by atoms with van der Waals surface area (Å²) in [5.41, 5.74) is 0.101. The molecule has 2 fully saturated rings. The van der Waals surface area contributed by atoms with E-state index < -0.39 is 11.6 Å². The average molecular weight is 375 g/mol. The molecule has 4 amide bonds. The summed E-state index contributed by atoms with van der Waals surface area (Å²) in [7, 11) is 3.12. The highest BCUT2D eigenvalue weighted by Crippen LogP contribution is 2.35. The predicted molar refractivity (Wildman–Crippen MR) is 97.5 cm³/mol. The van der Waals surface area contributed by atoms with Gasteiger partial charge in [-0.3, -0.25) is 14.5 Å². The first kappa shape index (κ1) is 19.0. The lowest BCUT2D eigenvalue weighted by Gasteiger charge is -2.19. The summed E-state index contributed by atoms with van der Waals surface area (Å²) in [4.78, 5) is 38.0. The van der Waals surface area contributed by atoms with Crippen molar-refractivity contribution in [1.82, 2.24) is 15.5 Å². The maximum absolute atomic E-state index is 12.6. The zero-order valence-corrected chi connectivity index (χ0v) is 15.7. The maximum atomic E-state index is 12.6. The van der Waals surface area contributed by atoms with Crippen LogP contribution < -0.4 is 20.1 Å². The third-order valence-electron chi connectivity index (χ3n) is 5.17. The summed E-state index contributed by atoms with van der Waals surface area (Å²) < 4.78 is 10.4. The van der Waals surface area contributed by atoms with Gasteiger partial charge in [0.15, 0.2) is 0 Å². The number of carbonyl (C=O) groups is 3. The molecular weight excluding hydrogens is 350 g/mol. The summed E-state index contributed by atoms with van der Waals surface area (Å²) in [6, 6.07) is 4.97. The van der Waals surface area contributed by atoms with E-state index >= 15 is 0 Å². The Morgan fingerprint density at radius 2 is 1.78 bits per heavy atom. The standard InChI is InChI=1S/C19H25N3O5/c1-26-14-9-13(10-15(11-14)27-2)12-20-16(23)5-8-22-17(24)19(21-18(22)25)6-3-4-7-19/h9-11H,3-8,12H2,1-2H3,(H,20,23)(H,21,25). The van der Waals surface area contributed by atoms with Gasteiger partial charge in [0.2, 0.25) is 5.91 Å². The number of benzene rings is 1. The fourth-order valence-electron chi connectivity index (χ4n) is 3.67. The number of methoxy groups -OCH3 is 2. The van der Waals surface area contributed by atoms with E-state index in [4.69, 9.17) is 9.47 Å². The minimum absolute atomic E-state index is 0.0658. The molecule has 27 heavy (non-hydrogen) atoms. The van der Waals surface area contributed by atoms with Crippen LogP contribution in [0.15, 0.2) is 18.2 Å². The van der Waals surface area contributed by atoms with E-state index in [9.17, 15) is 14.4 Å². The molecule has 2 aliphatic rings. The smallest absolute Gasteiger partial charge is 0.325 e. The Balaban J connectivity index is 1.52. The number of carbonyl (C=O) groups excluding carboxylic acids is 3. The van der Waals surface area contributed by atoms with Crippen LogP contribution in [0.5, 0.6) is 11.5 Å². The fraction of sp³-hybridized carbons (Fsp3) is 0.526. The lowest BCUT2D eigenvalue weighted by atomic mass is 9.98. The normalized spacial score (nSPS) is 17.9. The molecule has 1 saturated heterocycles. The number of amides is 4. The third kappa shape index (κ3) is 3.99. The van der Waals surface area contributed by atoms with Gasteiger partial charge in [-0.25, -0.2) is 4.79 Å². The van der Waals surface area contributed by atoms with Gasteiger partial charge < -0.3 is 20.1 Å². The number of ether oxygens (including phenoxy) is 2. The van der Waals surface area contributed by atoms with Crippen LogP contribution in [0.3, 0.4) is 0 Å². The minimum Gasteiger partial charge on any atom is -0.497 e. The molecule has 1 aliphatic carbocycles.